The summed E-state index contributed by atoms with van der Waals surface area (Å²) in [7, 11) is 0. The molecule has 0 amide bonds. The van der Waals surface area contributed by atoms with Gasteiger partial charge in [0.25, 0.3) is 0 Å². The van der Waals surface area contributed by atoms with Crippen LogP contribution in [0.3, 0.4) is 0 Å². The second-order valence-corrected chi connectivity index (χ2v) is 18.5. The van der Waals surface area contributed by atoms with Crippen LogP contribution in [0.4, 0.5) is 0 Å². The van der Waals surface area contributed by atoms with Crippen LogP contribution < -0.4 is 0 Å². The van der Waals surface area contributed by atoms with Crippen molar-refractivity contribution < 1.29 is 28.6 Å². The summed E-state index contributed by atoms with van der Waals surface area (Å²) in [6.45, 7) is 6.61. The summed E-state index contributed by atoms with van der Waals surface area (Å²) in [5, 5.41) is 0. The van der Waals surface area contributed by atoms with Crippen molar-refractivity contribution in [2.45, 2.75) is 309 Å². The number of carbonyl (C=O) groups excluding carboxylic acids is 3. The molecule has 0 saturated heterocycles. The van der Waals surface area contributed by atoms with Crippen LogP contribution in [0.2, 0.25) is 0 Å². The Hall–Kier alpha value is -1.85. The third-order valence-corrected chi connectivity index (χ3v) is 12.3. The first kappa shape index (κ1) is 59.1. The molecule has 61 heavy (non-hydrogen) atoms. The molecule has 0 aromatic rings. The van der Waals surface area contributed by atoms with Crippen LogP contribution in [0.1, 0.15) is 303 Å². The molecule has 0 aliphatic heterocycles. The Balaban J connectivity index is 4.10. The van der Waals surface area contributed by atoms with Gasteiger partial charge in [0.05, 0.1) is 0 Å². The Morgan fingerprint density at radius 1 is 0.311 bits per heavy atom. The summed E-state index contributed by atoms with van der Waals surface area (Å²) in [6, 6.07) is 0. The van der Waals surface area contributed by atoms with E-state index in [1.54, 1.807) is 0 Å². The van der Waals surface area contributed by atoms with Crippen molar-refractivity contribution in [3.05, 3.63) is 12.2 Å². The smallest absolute Gasteiger partial charge is 0.306 e. The molecule has 0 bridgehead atoms. The molecular formula is C55H104O6. The second kappa shape index (κ2) is 50.8. The van der Waals surface area contributed by atoms with E-state index in [1.807, 2.05) is 0 Å². The first-order valence-corrected chi connectivity index (χ1v) is 27.2. The van der Waals surface area contributed by atoms with Gasteiger partial charge < -0.3 is 14.2 Å². The lowest BCUT2D eigenvalue weighted by atomic mass is 10.0. The number of ether oxygens (including phenoxy) is 3. The maximum Gasteiger partial charge on any atom is 0.306 e. The molecule has 1 atom stereocenters. The molecule has 0 rings (SSSR count). The van der Waals surface area contributed by atoms with Crippen LogP contribution in [0.25, 0.3) is 0 Å². The second-order valence-electron chi connectivity index (χ2n) is 18.5. The van der Waals surface area contributed by atoms with Gasteiger partial charge in [-0.05, 0) is 44.9 Å². The summed E-state index contributed by atoms with van der Waals surface area (Å²) in [4.78, 5) is 37.8. The van der Waals surface area contributed by atoms with Crippen molar-refractivity contribution in [1.29, 1.82) is 0 Å². The standard InChI is InChI=1S/C55H104O6/c1-4-7-10-13-16-18-20-22-23-24-25-26-27-28-29-30-31-33-34-36-39-42-45-48-54(57)60-51-52(50-59-53(56)47-44-41-38-15-12-9-6-3)61-55(58)49-46-43-40-37-35-32-21-19-17-14-11-8-5-2/h19,21,52H,4-18,20,22-51H2,1-3H3/b21-19-. The largest absolute Gasteiger partial charge is 0.462 e. The number of hydrogen-bond donors (Lipinski definition) is 0. The summed E-state index contributed by atoms with van der Waals surface area (Å²) < 4.78 is 16.7. The molecule has 0 spiro atoms. The van der Waals surface area contributed by atoms with Crippen LogP contribution in [0.5, 0.6) is 0 Å². The first-order valence-electron chi connectivity index (χ1n) is 27.2. The lowest BCUT2D eigenvalue weighted by Gasteiger charge is -2.18. The van der Waals surface area contributed by atoms with E-state index in [4.69, 9.17) is 14.2 Å². The van der Waals surface area contributed by atoms with Gasteiger partial charge in [-0.3, -0.25) is 14.4 Å². The first-order chi connectivity index (χ1) is 30.0. The van der Waals surface area contributed by atoms with E-state index in [9.17, 15) is 14.4 Å². The van der Waals surface area contributed by atoms with Crippen LogP contribution in [0.15, 0.2) is 12.2 Å². The number of allylic oxidation sites excluding steroid dienone is 2. The summed E-state index contributed by atoms with van der Waals surface area (Å²) in [5.41, 5.74) is 0. The zero-order valence-corrected chi connectivity index (χ0v) is 41.2. The molecule has 1 unspecified atom stereocenters. The Labute approximate surface area is 380 Å². The van der Waals surface area contributed by atoms with E-state index >= 15 is 0 Å². The highest BCUT2D eigenvalue weighted by Crippen LogP contribution is 2.17. The highest BCUT2D eigenvalue weighted by atomic mass is 16.6. The van der Waals surface area contributed by atoms with Crippen LogP contribution in [-0.2, 0) is 28.6 Å². The Kier molecular flexibility index (Phi) is 49.3. The molecule has 0 aromatic carbocycles. The quantitative estimate of drug-likeness (QED) is 0.0262. The normalized spacial score (nSPS) is 12.0. The van der Waals surface area contributed by atoms with Gasteiger partial charge in [-0.25, -0.2) is 0 Å². The SMILES string of the molecule is CCCCCC/C=C\CCCCCCCC(=O)OC(COC(=O)CCCCCCCCC)COC(=O)CCCCCCCCCCCCCCCCCCCCCCCCC. The van der Waals surface area contributed by atoms with Gasteiger partial charge in [0.1, 0.15) is 13.2 Å². The topological polar surface area (TPSA) is 78.9 Å². The van der Waals surface area contributed by atoms with E-state index in [0.29, 0.717) is 19.3 Å². The monoisotopic (exact) mass is 861 g/mol. The third-order valence-electron chi connectivity index (χ3n) is 12.3. The molecule has 0 saturated carbocycles. The van der Waals surface area contributed by atoms with Crippen LogP contribution in [-0.4, -0.2) is 37.2 Å². The van der Waals surface area contributed by atoms with E-state index in [0.717, 1.165) is 64.2 Å². The maximum absolute atomic E-state index is 12.7. The van der Waals surface area contributed by atoms with Crippen molar-refractivity contribution >= 4 is 17.9 Å². The Morgan fingerprint density at radius 2 is 0.541 bits per heavy atom. The van der Waals surface area contributed by atoms with E-state index in [1.165, 1.54) is 199 Å². The molecule has 6 heteroatoms. The van der Waals surface area contributed by atoms with Gasteiger partial charge in [0, 0.05) is 19.3 Å². The fourth-order valence-electron chi connectivity index (χ4n) is 8.14. The fourth-order valence-corrected chi connectivity index (χ4v) is 8.14. The van der Waals surface area contributed by atoms with Gasteiger partial charge in [-0.1, -0.05) is 251 Å². The number of unbranched alkanes of at least 4 members (excludes halogenated alkanes) is 37. The fraction of sp³-hybridized carbons (Fsp3) is 0.909. The van der Waals surface area contributed by atoms with Crippen molar-refractivity contribution in [2.24, 2.45) is 0 Å². The minimum atomic E-state index is -0.766. The lowest BCUT2D eigenvalue weighted by molar-refractivity contribution is -0.167. The molecule has 0 aliphatic rings. The van der Waals surface area contributed by atoms with E-state index in [2.05, 4.69) is 32.9 Å². The number of hydrogen-bond acceptors (Lipinski definition) is 6. The van der Waals surface area contributed by atoms with Gasteiger partial charge in [-0.15, -0.1) is 0 Å². The summed E-state index contributed by atoms with van der Waals surface area (Å²) in [6.07, 6.45) is 56.6. The molecule has 0 aliphatic carbocycles. The van der Waals surface area contributed by atoms with Gasteiger partial charge >= 0.3 is 17.9 Å². The number of esters is 3. The highest BCUT2D eigenvalue weighted by Gasteiger charge is 2.19. The Bertz CT molecular complexity index is 947. The maximum atomic E-state index is 12.7. The predicted octanol–water partition coefficient (Wildman–Crippen LogP) is 17.8. The van der Waals surface area contributed by atoms with Crippen molar-refractivity contribution in [1.82, 2.24) is 0 Å². The van der Waals surface area contributed by atoms with Gasteiger partial charge in [0.15, 0.2) is 6.10 Å². The number of rotatable bonds is 50. The van der Waals surface area contributed by atoms with Crippen molar-refractivity contribution in [3.63, 3.8) is 0 Å². The third kappa shape index (κ3) is 49.0. The summed E-state index contributed by atoms with van der Waals surface area (Å²) >= 11 is 0. The Morgan fingerprint density at radius 3 is 0.836 bits per heavy atom. The molecule has 360 valence electrons. The number of carbonyl (C=O) groups is 3. The molecule has 0 heterocycles. The van der Waals surface area contributed by atoms with Crippen molar-refractivity contribution in [2.75, 3.05) is 13.2 Å². The zero-order chi connectivity index (χ0) is 44.4. The average molecular weight is 861 g/mol. The van der Waals surface area contributed by atoms with Gasteiger partial charge in [-0.2, -0.15) is 0 Å². The highest BCUT2D eigenvalue weighted by molar-refractivity contribution is 5.71. The predicted molar refractivity (Wildman–Crippen MR) is 261 cm³/mol. The molecule has 6 nitrogen and oxygen atoms in total. The molecule has 0 fully saturated rings. The van der Waals surface area contributed by atoms with Crippen molar-refractivity contribution in [3.8, 4) is 0 Å². The molecule has 0 aromatic heterocycles. The molecule has 0 N–H and O–H groups in total. The minimum Gasteiger partial charge on any atom is -0.462 e. The lowest BCUT2D eigenvalue weighted by Crippen LogP contribution is -2.30. The van der Waals surface area contributed by atoms with E-state index in [-0.39, 0.29) is 31.1 Å². The van der Waals surface area contributed by atoms with E-state index < -0.39 is 6.10 Å². The molecule has 0 radical (unpaired) electrons. The molecular weight excluding hydrogens is 757 g/mol. The van der Waals surface area contributed by atoms with Crippen LogP contribution in [0, 0.1) is 0 Å². The van der Waals surface area contributed by atoms with Crippen LogP contribution >= 0.6 is 0 Å². The zero-order valence-electron chi connectivity index (χ0n) is 41.2. The minimum absolute atomic E-state index is 0.0687. The average Bonchev–Trinajstić information content (AvgIpc) is 3.26. The summed E-state index contributed by atoms with van der Waals surface area (Å²) in [5.74, 6) is -0.868. The van der Waals surface area contributed by atoms with Gasteiger partial charge in [0.2, 0.25) is 0 Å².